The fourth-order valence-corrected chi connectivity index (χ4v) is 3.08. The number of anilines is 2. The molecule has 2 aromatic rings. The number of aliphatic imine (C=N–C) groups is 1. The van der Waals surface area contributed by atoms with Gasteiger partial charge in [0, 0.05) is 17.1 Å². The summed E-state index contributed by atoms with van der Waals surface area (Å²) in [6.07, 6.45) is 0. The summed E-state index contributed by atoms with van der Waals surface area (Å²) in [5.41, 5.74) is 2.84. The molecule has 2 aromatic carbocycles. The third-order valence-corrected chi connectivity index (χ3v) is 4.24. The average molecular weight is 348 g/mol. The molecular formula is C17H15Cl2N3O. The highest BCUT2D eigenvalue weighted by Gasteiger charge is 2.35. The predicted octanol–water partition coefficient (Wildman–Crippen LogP) is 3.64. The number of para-hydroxylation sites is 2. The van der Waals surface area contributed by atoms with Gasteiger partial charge in [-0.15, -0.1) is 12.4 Å². The zero-order chi connectivity index (χ0) is 15.1. The highest BCUT2D eigenvalue weighted by atomic mass is 35.5. The van der Waals surface area contributed by atoms with Crippen LogP contribution in [0.5, 0.6) is 0 Å². The molecule has 0 spiro atoms. The van der Waals surface area contributed by atoms with Crippen molar-refractivity contribution in [3.8, 4) is 0 Å². The van der Waals surface area contributed by atoms with Crippen molar-refractivity contribution < 1.29 is 4.79 Å². The predicted molar refractivity (Wildman–Crippen MR) is 96.5 cm³/mol. The van der Waals surface area contributed by atoms with Crippen LogP contribution >= 0.6 is 24.0 Å². The van der Waals surface area contributed by atoms with Gasteiger partial charge < -0.3 is 9.80 Å². The molecule has 2 aliphatic heterocycles. The van der Waals surface area contributed by atoms with Crippen molar-refractivity contribution in [1.29, 1.82) is 0 Å². The summed E-state index contributed by atoms with van der Waals surface area (Å²) in [6.45, 7) is 1.93. The second-order valence-electron chi connectivity index (χ2n) is 5.34. The molecular weight excluding hydrogens is 333 g/mol. The molecule has 0 radical (unpaired) electrons. The van der Waals surface area contributed by atoms with Crippen molar-refractivity contribution in [2.75, 3.05) is 29.4 Å². The molecule has 0 saturated heterocycles. The molecule has 118 valence electrons. The summed E-state index contributed by atoms with van der Waals surface area (Å²) in [4.78, 5) is 21.3. The van der Waals surface area contributed by atoms with Crippen molar-refractivity contribution in [3.05, 3.63) is 59.1 Å². The summed E-state index contributed by atoms with van der Waals surface area (Å²) in [5.74, 6) is 0.937. The van der Waals surface area contributed by atoms with Crippen LogP contribution in [-0.2, 0) is 0 Å². The fraction of sp³-hybridized carbons (Fsp3) is 0.176. The normalized spacial score (nSPS) is 14.9. The van der Waals surface area contributed by atoms with Gasteiger partial charge in [-0.25, -0.2) is 0 Å². The van der Waals surface area contributed by atoms with Crippen molar-refractivity contribution in [3.63, 3.8) is 0 Å². The van der Waals surface area contributed by atoms with Gasteiger partial charge in [0.2, 0.25) is 5.96 Å². The van der Waals surface area contributed by atoms with Gasteiger partial charge >= 0.3 is 0 Å². The van der Waals surface area contributed by atoms with E-state index in [1.54, 1.807) is 24.3 Å². The Labute approximate surface area is 145 Å². The van der Waals surface area contributed by atoms with Crippen LogP contribution in [0.4, 0.5) is 11.4 Å². The van der Waals surface area contributed by atoms with Crippen LogP contribution in [0.3, 0.4) is 0 Å². The molecule has 0 unspecified atom stereocenters. The van der Waals surface area contributed by atoms with Crippen LogP contribution in [0.15, 0.2) is 53.5 Å². The maximum absolute atomic E-state index is 12.6. The third kappa shape index (κ3) is 2.69. The Morgan fingerprint density at radius 3 is 2.52 bits per heavy atom. The summed E-state index contributed by atoms with van der Waals surface area (Å²) < 4.78 is 0. The highest BCUT2D eigenvalue weighted by Crippen LogP contribution is 2.38. The van der Waals surface area contributed by atoms with Gasteiger partial charge in [-0.2, -0.15) is 0 Å². The van der Waals surface area contributed by atoms with E-state index in [1.807, 2.05) is 23.1 Å². The molecule has 0 N–H and O–H groups in total. The Balaban J connectivity index is 0.00000156. The monoisotopic (exact) mass is 347 g/mol. The second-order valence-corrected chi connectivity index (χ2v) is 5.77. The van der Waals surface area contributed by atoms with Gasteiger partial charge in [0.15, 0.2) is 5.78 Å². The van der Waals surface area contributed by atoms with Gasteiger partial charge in [0.25, 0.3) is 0 Å². The largest absolute Gasteiger partial charge is 0.308 e. The SMILES string of the molecule is Cl.O=C(CN1C2=NCCN2c2ccccc21)c1ccc(Cl)cc1. The zero-order valence-corrected chi connectivity index (χ0v) is 13.8. The first-order valence-corrected chi connectivity index (χ1v) is 7.59. The molecule has 6 heteroatoms. The molecule has 0 atom stereocenters. The van der Waals surface area contributed by atoms with Gasteiger partial charge in [0.1, 0.15) is 0 Å². The van der Waals surface area contributed by atoms with E-state index in [0.717, 1.165) is 30.4 Å². The van der Waals surface area contributed by atoms with E-state index in [-0.39, 0.29) is 24.7 Å². The first kappa shape index (κ1) is 15.8. The summed E-state index contributed by atoms with van der Waals surface area (Å²) in [7, 11) is 0. The lowest BCUT2D eigenvalue weighted by atomic mass is 10.1. The molecule has 2 aliphatic rings. The number of hydrogen-bond donors (Lipinski definition) is 0. The number of carbonyl (C=O) groups excluding carboxylic acids is 1. The highest BCUT2D eigenvalue weighted by molar-refractivity contribution is 6.30. The number of carbonyl (C=O) groups is 1. The maximum Gasteiger partial charge on any atom is 0.206 e. The van der Waals surface area contributed by atoms with Crippen molar-refractivity contribution in [1.82, 2.24) is 0 Å². The number of halogens is 2. The summed E-state index contributed by atoms with van der Waals surface area (Å²) in [6, 6.07) is 15.1. The molecule has 0 aromatic heterocycles. The number of ketones is 1. The molecule has 23 heavy (non-hydrogen) atoms. The molecule has 0 fully saturated rings. The summed E-state index contributed by atoms with van der Waals surface area (Å²) in [5, 5.41) is 0.634. The van der Waals surface area contributed by atoms with Crippen molar-refractivity contribution in [2.24, 2.45) is 4.99 Å². The van der Waals surface area contributed by atoms with Gasteiger partial charge in [0.05, 0.1) is 24.5 Å². The Bertz CT molecular complexity index is 774. The lowest BCUT2D eigenvalue weighted by molar-refractivity contribution is 0.100. The lowest BCUT2D eigenvalue weighted by Gasteiger charge is -2.18. The van der Waals surface area contributed by atoms with E-state index in [1.165, 1.54) is 0 Å². The Kier molecular flexibility index (Phi) is 4.28. The molecule has 0 saturated carbocycles. The van der Waals surface area contributed by atoms with E-state index >= 15 is 0 Å². The van der Waals surface area contributed by atoms with Crippen LogP contribution in [-0.4, -0.2) is 31.4 Å². The molecule has 4 nitrogen and oxygen atoms in total. The van der Waals surface area contributed by atoms with Crippen molar-refractivity contribution >= 4 is 47.1 Å². The van der Waals surface area contributed by atoms with Crippen molar-refractivity contribution in [2.45, 2.75) is 0 Å². The van der Waals surface area contributed by atoms with Crippen LogP contribution in [0.2, 0.25) is 5.02 Å². The van der Waals surface area contributed by atoms with E-state index in [9.17, 15) is 4.79 Å². The number of benzene rings is 2. The fourth-order valence-electron chi connectivity index (χ4n) is 2.95. The van der Waals surface area contributed by atoms with Crippen LogP contribution in [0, 0.1) is 0 Å². The minimum Gasteiger partial charge on any atom is -0.308 e. The van der Waals surface area contributed by atoms with Crippen LogP contribution < -0.4 is 9.80 Å². The molecule has 2 heterocycles. The van der Waals surface area contributed by atoms with Gasteiger partial charge in [-0.3, -0.25) is 9.79 Å². The second kappa shape index (κ2) is 6.22. The number of Topliss-reactive ketones (excluding diaryl/α,β-unsaturated/α-hetero) is 1. The first-order chi connectivity index (χ1) is 10.7. The molecule has 0 amide bonds. The maximum atomic E-state index is 12.6. The molecule has 0 bridgehead atoms. The lowest BCUT2D eigenvalue weighted by Crippen LogP contribution is -2.38. The first-order valence-electron chi connectivity index (χ1n) is 7.21. The Morgan fingerprint density at radius 2 is 1.78 bits per heavy atom. The topological polar surface area (TPSA) is 35.9 Å². The Morgan fingerprint density at radius 1 is 1.09 bits per heavy atom. The van der Waals surface area contributed by atoms with Gasteiger partial charge in [-0.1, -0.05) is 23.7 Å². The molecule has 4 rings (SSSR count). The average Bonchev–Trinajstić information content (AvgIpc) is 3.11. The van der Waals surface area contributed by atoms with E-state index in [4.69, 9.17) is 11.6 Å². The van der Waals surface area contributed by atoms with Gasteiger partial charge in [-0.05, 0) is 36.4 Å². The van der Waals surface area contributed by atoms with E-state index in [2.05, 4.69) is 16.0 Å². The number of hydrogen-bond acceptors (Lipinski definition) is 4. The number of fused-ring (bicyclic) bond motifs is 3. The quantitative estimate of drug-likeness (QED) is 0.795. The summed E-state index contributed by atoms with van der Waals surface area (Å²) >= 11 is 5.88. The van der Waals surface area contributed by atoms with Crippen LogP contribution in [0.25, 0.3) is 0 Å². The minimum atomic E-state index is 0. The molecule has 0 aliphatic carbocycles. The third-order valence-electron chi connectivity index (χ3n) is 3.99. The number of nitrogens with zero attached hydrogens (tertiary/aromatic N) is 3. The standard InChI is InChI=1S/C17H14ClN3O.ClH/c18-13-7-5-12(6-8-13)16(22)11-21-15-4-2-1-3-14(15)20-10-9-19-17(20)21;/h1-8H,9-11H2;1H. The van der Waals surface area contributed by atoms with Crippen LogP contribution in [0.1, 0.15) is 10.4 Å². The zero-order valence-electron chi connectivity index (χ0n) is 12.3. The minimum absolute atomic E-state index is 0. The van der Waals surface area contributed by atoms with E-state index in [0.29, 0.717) is 10.6 Å². The van der Waals surface area contributed by atoms with E-state index < -0.39 is 0 Å². The number of guanidine groups is 1. The Hall–Kier alpha value is -2.04. The smallest absolute Gasteiger partial charge is 0.206 e. The number of rotatable bonds is 3.